The van der Waals surface area contributed by atoms with Crippen LogP contribution in [-0.4, -0.2) is 24.7 Å². The quantitative estimate of drug-likeness (QED) is 0.499. The average molecular weight is 101 g/mol. The van der Waals surface area contributed by atoms with Gasteiger partial charge in [0, 0.05) is 6.04 Å². The topological polar surface area (TPSA) is 27.0 Å². The predicted molar refractivity (Wildman–Crippen MR) is 30.9 cm³/mol. The molecular formula is C5H13N2. The molecule has 0 rings (SSSR count). The van der Waals surface area contributed by atoms with Crippen molar-refractivity contribution in [2.75, 3.05) is 13.7 Å². The molecule has 0 atom stereocenters. The largest absolute Gasteiger partial charge is 0.290 e. The molecule has 7 heavy (non-hydrogen) atoms. The zero-order chi connectivity index (χ0) is 5.86. The smallest absolute Gasteiger partial charge is 0.0615 e. The van der Waals surface area contributed by atoms with Gasteiger partial charge in [-0.2, -0.15) is 0 Å². The summed E-state index contributed by atoms with van der Waals surface area (Å²) in [5.74, 6) is 0. The van der Waals surface area contributed by atoms with E-state index in [4.69, 9.17) is 5.73 Å². The second-order valence-corrected chi connectivity index (χ2v) is 2.01. The summed E-state index contributed by atoms with van der Waals surface area (Å²) in [5.41, 5.74) is 6.86. The molecule has 0 spiro atoms. The second kappa shape index (κ2) is 2.99. The van der Waals surface area contributed by atoms with Gasteiger partial charge in [-0.25, -0.2) is 5.73 Å². The Hall–Kier alpha value is -0.0800. The van der Waals surface area contributed by atoms with Crippen molar-refractivity contribution >= 4 is 0 Å². The summed E-state index contributed by atoms with van der Waals surface area (Å²) in [6.07, 6.45) is 0. The van der Waals surface area contributed by atoms with Gasteiger partial charge in [0.2, 0.25) is 0 Å². The van der Waals surface area contributed by atoms with Crippen LogP contribution in [0.5, 0.6) is 0 Å². The van der Waals surface area contributed by atoms with Gasteiger partial charge in [-0.1, -0.05) is 0 Å². The minimum absolute atomic E-state index is 0.400. The minimum Gasteiger partial charge on any atom is -0.290 e. The third kappa shape index (κ3) is 2.60. The van der Waals surface area contributed by atoms with E-state index in [9.17, 15) is 0 Å². The van der Waals surface area contributed by atoms with Gasteiger partial charge in [-0.3, -0.25) is 4.90 Å². The Morgan fingerprint density at radius 1 is 1.57 bits per heavy atom. The molecule has 0 amide bonds. The molecule has 0 aliphatic heterocycles. The maximum Gasteiger partial charge on any atom is 0.0615 e. The van der Waals surface area contributed by atoms with Gasteiger partial charge in [-0.15, -0.1) is 0 Å². The molecule has 0 saturated carbocycles. The highest BCUT2D eigenvalue weighted by Crippen LogP contribution is 1.87. The number of rotatable bonds is 2. The molecular weight excluding hydrogens is 88.1 g/mol. The summed E-state index contributed by atoms with van der Waals surface area (Å²) in [5, 5.41) is 0. The molecule has 1 radical (unpaired) electrons. The van der Waals surface area contributed by atoms with Crippen LogP contribution in [0, 0.1) is 0 Å². The third-order valence-corrected chi connectivity index (χ3v) is 1.13. The van der Waals surface area contributed by atoms with Gasteiger partial charge in [0.15, 0.2) is 0 Å². The zero-order valence-corrected chi connectivity index (χ0v) is 5.23. The number of hydrogen-bond acceptors (Lipinski definition) is 1. The van der Waals surface area contributed by atoms with E-state index < -0.39 is 0 Å². The summed E-state index contributed by atoms with van der Waals surface area (Å²) in [6.45, 7) is 4.56. The van der Waals surface area contributed by atoms with Crippen LogP contribution in [0.1, 0.15) is 13.8 Å². The van der Waals surface area contributed by atoms with E-state index in [1.165, 1.54) is 0 Å². The van der Waals surface area contributed by atoms with Crippen molar-refractivity contribution in [3.8, 4) is 0 Å². The highest BCUT2D eigenvalue weighted by Gasteiger charge is 1.96. The molecule has 0 aliphatic rings. The summed E-state index contributed by atoms with van der Waals surface area (Å²) >= 11 is 0. The van der Waals surface area contributed by atoms with Crippen LogP contribution in [0.2, 0.25) is 0 Å². The molecule has 2 nitrogen and oxygen atoms in total. The monoisotopic (exact) mass is 101 g/mol. The van der Waals surface area contributed by atoms with Crippen molar-refractivity contribution in [3.63, 3.8) is 0 Å². The molecule has 1 N–H and O–H groups in total. The van der Waals surface area contributed by atoms with Crippen LogP contribution in [0.25, 0.3) is 0 Å². The van der Waals surface area contributed by atoms with Crippen molar-refractivity contribution in [2.45, 2.75) is 19.9 Å². The fourth-order valence-corrected chi connectivity index (χ4v) is 0.183. The lowest BCUT2D eigenvalue weighted by molar-refractivity contribution is 0.278. The van der Waals surface area contributed by atoms with E-state index in [0.29, 0.717) is 12.7 Å². The van der Waals surface area contributed by atoms with Crippen molar-refractivity contribution in [2.24, 2.45) is 0 Å². The zero-order valence-electron chi connectivity index (χ0n) is 5.23. The Kier molecular flexibility index (Phi) is 2.96. The van der Waals surface area contributed by atoms with Gasteiger partial charge in [0.05, 0.1) is 6.67 Å². The molecule has 0 unspecified atom stereocenters. The van der Waals surface area contributed by atoms with Crippen LogP contribution in [0.4, 0.5) is 0 Å². The molecule has 0 saturated heterocycles. The van der Waals surface area contributed by atoms with Crippen LogP contribution in [0.15, 0.2) is 0 Å². The fourth-order valence-electron chi connectivity index (χ4n) is 0.183. The first kappa shape index (κ1) is 6.92. The maximum absolute atomic E-state index is 6.86. The van der Waals surface area contributed by atoms with E-state index >= 15 is 0 Å². The maximum atomic E-state index is 6.86. The van der Waals surface area contributed by atoms with Gasteiger partial charge >= 0.3 is 0 Å². The fraction of sp³-hybridized carbons (Fsp3) is 1.00. The van der Waals surface area contributed by atoms with Gasteiger partial charge in [-0.05, 0) is 20.9 Å². The van der Waals surface area contributed by atoms with Crippen molar-refractivity contribution < 1.29 is 0 Å². The molecule has 0 fully saturated rings. The summed E-state index contributed by atoms with van der Waals surface area (Å²) in [4.78, 5) is 1.96. The Labute approximate surface area is 45.3 Å². The average Bonchev–Trinajstić information content (AvgIpc) is 1.65. The van der Waals surface area contributed by atoms with Gasteiger partial charge in [0.1, 0.15) is 0 Å². The molecule has 0 aliphatic carbocycles. The Morgan fingerprint density at radius 3 is 2.00 bits per heavy atom. The third-order valence-electron chi connectivity index (χ3n) is 1.13. The molecule has 0 aromatic rings. The number of nitrogens with zero attached hydrogens (tertiary/aromatic N) is 1. The molecule has 0 heterocycles. The summed E-state index contributed by atoms with van der Waals surface area (Å²) in [7, 11) is 1.94. The van der Waals surface area contributed by atoms with E-state index in [0.717, 1.165) is 0 Å². The van der Waals surface area contributed by atoms with Crippen LogP contribution >= 0.6 is 0 Å². The molecule has 43 valence electrons. The Balaban J connectivity index is 3.14. The first-order valence-corrected chi connectivity index (χ1v) is 2.53. The van der Waals surface area contributed by atoms with E-state index in [2.05, 4.69) is 13.8 Å². The van der Waals surface area contributed by atoms with Crippen molar-refractivity contribution in [1.82, 2.24) is 10.6 Å². The Morgan fingerprint density at radius 2 is 2.00 bits per heavy atom. The lowest BCUT2D eigenvalue weighted by Crippen LogP contribution is -2.27. The first-order valence-electron chi connectivity index (χ1n) is 2.53. The van der Waals surface area contributed by atoms with Crippen LogP contribution in [-0.2, 0) is 0 Å². The van der Waals surface area contributed by atoms with Crippen LogP contribution < -0.4 is 5.73 Å². The number of hydrogen-bond donors (Lipinski definition) is 0. The van der Waals surface area contributed by atoms with Gasteiger partial charge < -0.3 is 0 Å². The highest BCUT2D eigenvalue weighted by molar-refractivity contribution is 4.50. The molecule has 0 aromatic carbocycles. The van der Waals surface area contributed by atoms with Crippen molar-refractivity contribution in [3.05, 3.63) is 0 Å². The normalized spacial score (nSPS) is 11.1. The standard InChI is InChI=1S/C5H13N2/c1-5(2)7(3)4-6/h5-6H,4H2,1-3H3. The van der Waals surface area contributed by atoms with Crippen LogP contribution in [0.3, 0.4) is 0 Å². The number of nitrogens with one attached hydrogen (secondary N) is 1. The van der Waals surface area contributed by atoms with E-state index in [1.807, 2.05) is 11.9 Å². The minimum atomic E-state index is 0.400. The highest BCUT2D eigenvalue weighted by atomic mass is 15.2. The first-order chi connectivity index (χ1) is 3.18. The van der Waals surface area contributed by atoms with Crippen molar-refractivity contribution in [1.29, 1.82) is 0 Å². The lowest BCUT2D eigenvalue weighted by Gasteiger charge is -2.16. The lowest BCUT2D eigenvalue weighted by atomic mass is 10.4. The summed E-state index contributed by atoms with van der Waals surface area (Å²) in [6, 6.07) is 0.512. The molecule has 2 heteroatoms. The predicted octanol–water partition coefficient (Wildman–Crippen LogP) is 0.567. The SMILES string of the molecule is CC(C)N(C)C[NH]. The second-order valence-electron chi connectivity index (χ2n) is 2.01. The van der Waals surface area contributed by atoms with E-state index in [-0.39, 0.29) is 0 Å². The summed E-state index contributed by atoms with van der Waals surface area (Å²) < 4.78 is 0. The van der Waals surface area contributed by atoms with E-state index in [1.54, 1.807) is 0 Å². The molecule has 0 aromatic heterocycles. The molecule has 0 bridgehead atoms. The Bertz CT molecular complexity index is 43.3. The van der Waals surface area contributed by atoms with Gasteiger partial charge in [0.25, 0.3) is 0 Å².